The van der Waals surface area contributed by atoms with Crippen molar-refractivity contribution in [3.8, 4) is 0 Å². The molecule has 0 amide bonds. The summed E-state index contributed by atoms with van der Waals surface area (Å²) >= 11 is 1.29. The summed E-state index contributed by atoms with van der Waals surface area (Å²) in [5, 5.41) is 6.65. The van der Waals surface area contributed by atoms with Gasteiger partial charge in [0.2, 0.25) is 0 Å². The van der Waals surface area contributed by atoms with Gasteiger partial charge in [-0.15, -0.1) is 0 Å². The first kappa shape index (κ1) is 13.9. The Morgan fingerprint density at radius 3 is 2.18 bits per heavy atom. The van der Waals surface area contributed by atoms with Crippen molar-refractivity contribution in [2.45, 2.75) is 4.90 Å². The molecule has 0 aliphatic rings. The molecule has 1 nitrogen and oxygen atoms in total. The maximum Gasteiger partial charge on any atom is 0 e. The van der Waals surface area contributed by atoms with E-state index in [0.29, 0.717) is 0 Å². The van der Waals surface area contributed by atoms with E-state index in [1.54, 1.807) is 0 Å². The Balaban J connectivity index is 0. The molecule has 1 rings (SSSR count). The zero-order valence-electron chi connectivity index (χ0n) is 6.37. The molecule has 11 heavy (non-hydrogen) atoms. The van der Waals surface area contributed by atoms with Gasteiger partial charge in [-0.1, -0.05) is 30.3 Å². The molecule has 0 fully saturated rings. The molecule has 0 heterocycles. The fraction of sp³-hybridized carbons (Fsp3) is 0. The molecule has 1 aromatic carbocycles. The summed E-state index contributed by atoms with van der Waals surface area (Å²) in [6.07, 6.45) is 0. The number of benzene rings is 1. The molecule has 57 valence electrons. The van der Waals surface area contributed by atoms with Crippen LogP contribution in [0.15, 0.2) is 35.2 Å². The van der Waals surface area contributed by atoms with Crippen molar-refractivity contribution in [3.05, 3.63) is 37.8 Å². The van der Waals surface area contributed by atoms with Crippen LogP contribution in [0.4, 0.5) is 0 Å². The van der Waals surface area contributed by atoms with Gasteiger partial charge in [-0.3, -0.25) is 0 Å². The maximum atomic E-state index is 6.65. The van der Waals surface area contributed by atoms with Gasteiger partial charge in [0.25, 0.3) is 0 Å². The van der Waals surface area contributed by atoms with Crippen molar-refractivity contribution < 1.29 is 32.7 Å². The van der Waals surface area contributed by atoms with E-state index in [0.717, 1.165) is 4.90 Å². The van der Waals surface area contributed by atoms with Gasteiger partial charge in [-0.05, 0) is 4.90 Å². The predicted octanol–water partition coefficient (Wildman–Crippen LogP) is 2.71. The molecule has 0 aliphatic heterocycles. The predicted molar refractivity (Wildman–Crippen MR) is 46.4 cm³/mol. The first-order valence-electron chi connectivity index (χ1n) is 2.57. The fourth-order valence-electron chi connectivity index (χ4n) is 0.547. The van der Waals surface area contributed by atoms with Crippen molar-refractivity contribution in [2.24, 2.45) is 0 Å². The van der Waals surface area contributed by atoms with Crippen LogP contribution >= 0.6 is 11.8 Å². The number of thioether (sulfide) groups is 1. The molecule has 0 saturated heterocycles. The molecule has 3 heteroatoms. The second-order valence-corrected chi connectivity index (χ2v) is 2.40. The molecular formula is C8H9NSY-2. The van der Waals surface area contributed by atoms with E-state index >= 15 is 0 Å². The van der Waals surface area contributed by atoms with E-state index in [2.05, 4.69) is 5.55 Å². The molecule has 0 unspecified atom stereocenters. The Labute approximate surface area is 97.4 Å². The molecule has 0 aliphatic carbocycles. The number of hydrogen-bond acceptors (Lipinski definition) is 2. The molecule has 0 spiro atoms. The zero-order valence-corrected chi connectivity index (χ0v) is 10.0. The number of rotatable bonds is 2. The van der Waals surface area contributed by atoms with E-state index in [9.17, 15) is 0 Å². The second kappa shape index (κ2) is 8.44. The molecule has 1 N–H and O–H groups in total. The molecular weight excluding hydrogens is 231 g/mol. The Bertz CT molecular complexity index is 189. The van der Waals surface area contributed by atoms with Crippen molar-refractivity contribution in [2.75, 3.05) is 0 Å². The van der Waals surface area contributed by atoms with Crippen molar-refractivity contribution in [1.29, 1.82) is 5.41 Å². The zero-order chi connectivity index (χ0) is 6.53. The third kappa shape index (κ3) is 5.60. The summed E-state index contributed by atoms with van der Waals surface area (Å²) < 4.78 is 0. The average molecular weight is 240 g/mol. The SMILES string of the molecule is N=[C-]Sc1ccccc1.[CH3-].[Y]. The summed E-state index contributed by atoms with van der Waals surface area (Å²) in [4.78, 5) is 1.06. The third-order valence-corrected chi connectivity index (χ3v) is 1.52. The minimum Gasteiger partial charge on any atom is -0.508 e. The first-order chi connectivity index (χ1) is 4.43. The maximum absolute atomic E-state index is 6.65. The van der Waals surface area contributed by atoms with E-state index in [4.69, 9.17) is 5.41 Å². The standard InChI is InChI=1S/C7H6NS.CH3.Y/c8-6-9-7-4-2-1-3-5-7;;/h1-5,8H;1H3;/q2*-1;. The topological polar surface area (TPSA) is 23.9 Å². The minimum atomic E-state index is 0. The van der Waals surface area contributed by atoms with E-state index < -0.39 is 0 Å². The molecule has 0 atom stereocenters. The number of nitrogens with one attached hydrogen (secondary N) is 1. The Morgan fingerprint density at radius 2 is 1.73 bits per heavy atom. The van der Waals surface area contributed by atoms with Crippen molar-refractivity contribution in [3.63, 3.8) is 0 Å². The summed E-state index contributed by atoms with van der Waals surface area (Å²) in [5.74, 6) is 0. The van der Waals surface area contributed by atoms with Crippen LogP contribution in [0.3, 0.4) is 0 Å². The van der Waals surface area contributed by atoms with Crippen molar-refractivity contribution >= 4 is 17.3 Å². The Hall–Kier alpha value is 0.344. The summed E-state index contributed by atoms with van der Waals surface area (Å²) in [5.41, 5.74) is 2.25. The van der Waals surface area contributed by atoms with Crippen LogP contribution in [-0.4, -0.2) is 5.55 Å². The van der Waals surface area contributed by atoms with E-state index in [-0.39, 0.29) is 40.1 Å². The first-order valence-corrected chi connectivity index (χ1v) is 3.39. The summed E-state index contributed by atoms with van der Waals surface area (Å²) in [6, 6.07) is 9.74. The van der Waals surface area contributed by atoms with Crippen LogP contribution in [0.5, 0.6) is 0 Å². The van der Waals surface area contributed by atoms with E-state index in [1.165, 1.54) is 11.8 Å². The van der Waals surface area contributed by atoms with Crippen LogP contribution in [0.2, 0.25) is 0 Å². The quantitative estimate of drug-likeness (QED) is 0.365. The van der Waals surface area contributed by atoms with Crippen LogP contribution in [0, 0.1) is 12.8 Å². The smallest absolute Gasteiger partial charge is 0 e. The normalized spacial score (nSPS) is 7.27. The van der Waals surface area contributed by atoms with Crippen LogP contribution in [0.1, 0.15) is 0 Å². The minimum absolute atomic E-state index is 0. The molecule has 0 saturated carbocycles. The molecule has 0 bridgehead atoms. The Kier molecular flexibility index (Phi) is 10.7. The monoisotopic (exact) mass is 240 g/mol. The molecule has 0 aromatic heterocycles. The fourth-order valence-corrected chi connectivity index (χ4v) is 0.959. The van der Waals surface area contributed by atoms with Crippen LogP contribution in [-0.2, 0) is 32.7 Å². The largest absolute Gasteiger partial charge is 0.508 e. The van der Waals surface area contributed by atoms with Gasteiger partial charge < -0.3 is 30.1 Å². The Morgan fingerprint density at radius 1 is 1.18 bits per heavy atom. The number of hydrogen-bond donors (Lipinski definition) is 1. The summed E-state index contributed by atoms with van der Waals surface area (Å²) in [7, 11) is 0. The summed E-state index contributed by atoms with van der Waals surface area (Å²) in [6.45, 7) is 0. The van der Waals surface area contributed by atoms with Gasteiger partial charge in [0.15, 0.2) is 0 Å². The second-order valence-electron chi connectivity index (χ2n) is 1.52. The van der Waals surface area contributed by atoms with E-state index in [1.807, 2.05) is 30.3 Å². The van der Waals surface area contributed by atoms with Crippen LogP contribution in [0.25, 0.3) is 0 Å². The van der Waals surface area contributed by atoms with Gasteiger partial charge in [0, 0.05) is 32.7 Å². The van der Waals surface area contributed by atoms with Gasteiger partial charge in [0.1, 0.15) is 0 Å². The van der Waals surface area contributed by atoms with Gasteiger partial charge in [-0.2, -0.15) is 0 Å². The average Bonchev–Trinajstić information content (AvgIpc) is 1.91. The van der Waals surface area contributed by atoms with Gasteiger partial charge in [0.05, 0.1) is 0 Å². The van der Waals surface area contributed by atoms with Crippen LogP contribution < -0.4 is 0 Å². The van der Waals surface area contributed by atoms with Gasteiger partial charge >= 0.3 is 0 Å². The van der Waals surface area contributed by atoms with Gasteiger partial charge in [-0.25, -0.2) is 0 Å². The third-order valence-electron chi connectivity index (χ3n) is 0.912. The molecule has 1 radical (unpaired) electrons. The molecule has 1 aromatic rings. The van der Waals surface area contributed by atoms with Crippen molar-refractivity contribution in [1.82, 2.24) is 0 Å².